The SMILES string of the molecule is CCCCN(CCCC)C(=O)c1cc(OC)n(-c2ccc(-c3ccc(C(=O)NC)c(Cl)c3)cc2C(O)N2CCc3ccccc3C2)n1. The summed E-state index contributed by atoms with van der Waals surface area (Å²) in [4.78, 5) is 29.9. The van der Waals surface area contributed by atoms with Gasteiger partial charge in [-0.05, 0) is 65.8 Å². The average Bonchev–Trinajstić information content (AvgIpc) is 3.54. The molecule has 0 saturated heterocycles. The molecule has 2 heterocycles. The Hall–Kier alpha value is -4.18. The molecule has 1 atom stereocenters. The second-order valence-corrected chi connectivity index (χ2v) is 12.3. The van der Waals surface area contributed by atoms with E-state index >= 15 is 0 Å². The maximum Gasteiger partial charge on any atom is 0.274 e. The number of benzene rings is 3. The van der Waals surface area contributed by atoms with Gasteiger partial charge in [0, 0.05) is 44.9 Å². The van der Waals surface area contributed by atoms with Crippen molar-refractivity contribution in [1.82, 2.24) is 24.9 Å². The number of carbonyl (C=O) groups excluding carboxylic acids is 2. The Morgan fingerprint density at radius 2 is 1.68 bits per heavy atom. The van der Waals surface area contributed by atoms with Crippen LogP contribution in [0.3, 0.4) is 0 Å². The summed E-state index contributed by atoms with van der Waals surface area (Å²) in [6.45, 7) is 6.81. The molecule has 1 aliphatic heterocycles. The van der Waals surface area contributed by atoms with E-state index in [4.69, 9.17) is 21.4 Å². The van der Waals surface area contributed by atoms with Gasteiger partial charge in [-0.25, -0.2) is 0 Å². The van der Waals surface area contributed by atoms with Crippen molar-refractivity contribution >= 4 is 23.4 Å². The maximum absolute atomic E-state index is 13.7. The third kappa shape index (κ3) is 7.53. The number of carbonyl (C=O) groups is 2. The lowest BCUT2D eigenvalue weighted by Crippen LogP contribution is -2.34. The minimum absolute atomic E-state index is 0.138. The number of nitrogens with one attached hydrogen (secondary N) is 1. The van der Waals surface area contributed by atoms with Crippen LogP contribution in [0.1, 0.15) is 83.3 Å². The lowest BCUT2D eigenvalue weighted by Gasteiger charge is -2.33. The van der Waals surface area contributed by atoms with Gasteiger partial charge in [-0.3, -0.25) is 14.5 Å². The fourth-order valence-electron chi connectivity index (χ4n) is 6.03. The number of rotatable bonds is 13. The summed E-state index contributed by atoms with van der Waals surface area (Å²) in [5.74, 6) is -0.0129. The Morgan fingerprint density at radius 1 is 1.00 bits per heavy atom. The first-order valence-corrected chi connectivity index (χ1v) is 16.8. The predicted molar refractivity (Wildman–Crippen MR) is 185 cm³/mol. The molecular weight excluding hydrogens is 614 g/mol. The molecule has 1 aliphatic rings. The normalized spacial score (nSPS) is 13.6. The molecule has 0 spiro atoms. The van der Waals surface area contributed by atoms with Gasteiger partial charge >= 0.3 is 0 Å². The number of fused-ring (bicyclic) bond motifs is 1. The second-order valence-electron chi connectivity index (χ2n) is 11.9. The third-order valence-corrected chi connectivity index (χ3v) is 9.08. The van der Waals surface area contributed by atoms with Crippen LogP contribution in [-0.2, 0) is 13.0 Å². The Bertz CT molecular complexity index is 1710. The molecule has 0 saturated carbocycles. The lowest BCUT2D eigenvalue weighted by atomic mass is 9.96. The molecule has 9 nitrogen and oxygen atoms in total. The van der Waals surface area contributed by atoms with E-state index < -0.39 is 6.23 Å². The van der Waals surface area contributed by atoms with Gasteiger partial charge in [-0.1, -0.05) is 74.7 Å². The first-order chi connectivity index (χ1) is 22.8. The molecule has 2 N–H and O–H groups in total. The molecule has 4 aromatic rings. The molecule has 1 aromatic heterocycles. The Balaban J connectivity index is 1.58. The largest absolute Gasteiger partial charge is 0.481 e. The zero-order valence-corrected chi connectivity index (χ0v) is 28.4. The van der Waals surface area contributed by atoms with Gasteiger partial charge in [-0.2, -0.15) is 9.78 Å². The molecule has 1 unspecified atom stereocenters. The Labute approximate surface area is 282 Å². The van der Waals surface area contributed by atoms with Gasteiger partial charge < -0.3 is 20.1 Å². The van der Waals surface area contributed by atoms with Gasteiger partial charge in [0.1, 0.15) is 6.23 Å². The van der Waals surface area contributed by atoms with Crippen LogP contribution in [-0.4, -0.2) is 70.3 Å². The van der Waals surface area contributed by atoms with E-state index in [1.165, 1.54) is 11.1 Å². The molecule has 0 radical (unpaired) electrons. The van der Waals surface area contributed by atoms with E-state index in [2.05, 4.69) is 31.3 Å². The van der Waals surface area contributed by atoms with Crippen LogP contribution in [0.25, 0.3) is 16.8 Å². The second kappa shape index (κ2) is 15.6. The Kier molecular flexibility index (Phi) is 11.3. The van der Waals surface area contributed by atoms with Crippen LogP contribution in [0.4, 0.5) is 0 Å². The van der Waals surface area contributed by atoms with Crippen LogP contribution in [0.5, 0.6) is 5.88 Å². The number of methoxy groups -OCH3 is 1. The fraction of sp³-hybridized carbons (Fsp3) is 0.378. The van der Waals surface area contributed by atoms with Gasteiger partial charge in [0.05, 0.1) is 23.4 Å². The number of nitrogens with zero attached hydrogens (tertiary/aromatic N) is 4. The topological polar surface area (TPSA) is 99.9 Å². The van der Waals surface area contributed by atoms with Crippen molar-refractivity contribution in [2.75, 3.05) is 33.8 Å². The molecule has 248 valence electrons. The number of halogens is 1. The molecular formula is C37H44ClN5O4. The van der Waals surface area contributed by atoms with Crippen LogP contribution < -0.4 is 10.1 Å². The average molecular weight is 658 g/mol. The summed E-state index contributed by atoms with van der Waals surface area (Å²) in [5.41, 5.74) is 5.92. The zero-order chi connectivity index (χ0) is 33.5. The summed E-state index contributed by atoms with van der Waals surface area (Å²) in [7, 11) is 3.12. The molecule has 3 aromatic carbocycles. The molecule has 2 amide bonds. The Morgan fingerprint density at radius 3 is 2.34 bits per heavy atom. The van der Waals surface area contributed by atoms with Crippen molar-refractivity contribution in [3.63, 3.8) is 0 Å². The monoisotopic (exact) mass is 657 g/mol. The highest BCUT2D eigenvalue weighted by molar-refractivity contribution is 6.34. The van der Waals surface area contributed by atoms with Crippen LogP contribution in [0.15, 0.2) is 66.7 Å². The molecule has 0 bridgehead atoms. The molecule has 0 aliphatic carbocycles. The number of hydrogen-bond acceptors (Lipinski definition) is 6. The lowest BCUT2D eigenvalue weighted by molar-refractivity contribution is -0.00784. The maximum atomic E-state index is 13.7. The van der Waals surface area contributed by atoms with E-state index in [1.54, 1.807) is 37.0 Å². The van der Waals surface area contributed by atoms with Gasteiger partial charge in [0.15, 0.2) is 5.69 Å². The van der Waals surface area contributed by atoms with E-state index in [1.807, 2.05) is 46.2 Å². The number of aliphatic hydroxyl groups is 1. The summed E-state index contributed by atoms with van der Waals surface area (Å²) in [6, 6.07) is 21.0. The standard InChI is InChI=1S/C37H44ClN5O4/c1-5-7-18-41(19-8-6-2)37(46)32-23-34(47-4)43(40-32)33-16-14-26(27-13-15-29(31(38)22-27)35(44)39-3)21-30(33)36(45)42-20-17-25-11-9-10-12-28(25)24-42/h9-16,21-23,36,45H,5-8,17-20,24H2,1-4H3,(H,39,44). The highest BCUT2D eigenvalue weighted by Gasteiger charge is 2.28. The highest BCUT2D eigenvalue weighted by Crippen LogP contribution is 2.35. The summed E-state index contributed by atoms with van der Waals surface area (Å²) in [5, 5.41) is 19.8. The van der Waals surface area contributed by atoms with Crippen molar-refractivity contribution in [3.8, 4) is 22.7 Å². The number of aromatic nitrogens is 2. The van der Waals surface area contributed by atoms with Crippen molar-refractivity contribution < 1.29 is 19.4 Å². The van der Waals surface area contributed by atoms with E-state index in [0.29, 0.717) is 59.6 Å². The number of ether oxygens (including phenoxy) is 1. The smallest absolute Gasteiger partial charge is 0.274 e. The number of aliphatic hydroxyl groups excluding tert-OH is 1. The third-order valence-electron chi connectivity index (χ3n) is 8.77. The summed E-state index contributed by atoms with van der Waals surface area (Å²) < 4.78 is 7.36. The van der Waals surface area contributed by atoms with Gasteiger partial charge in [-0.15, -0.1) is 0 Å². The van der Waals surface area contributed by atoms with Crippen LogP contribution in [0.2, 0.25) is 5.02 Å². The van der Waals surface area contributed by atoms with E-state index in [-0.39, 0.29) is 11.8 Å². The first-order valence-electron chi connectivity index (χ1n) is 16.4. The van der Waals surface area contributed by atoms with Gasteiger partial charge in [0.25, 0.3) is 11.8 Å². The van der Waals surface area contributed by atoms with Crippen molar-refractivity contribution in [2.45, 2.75) is 58.7 Å². The van der Waals surface area contributed by atoms with Crippen LogP contribution >= 0.6 is 11.6 Å². The summed E-state index contributed by atoms with van der Waals surface area (Å²) in [6.07, 6.45) is 3.63. The van der Waals surface area contributed by atoms with Crippen molar-refractivity contribution in [3.05, 3.63) is 99.7 Å². The first kappa shape index (κ1) is 34.2. The number of hydrogen-bond donors (Lipinski definition) is 2. The molecule has 47 heavy (non-hydrogen) atoms. The quantitative estimate of drug-likeness (QED) is 0.167. The fourth-order valence-corrected chi connectivity index (χ4v) is 6.30. The molecule has 5 rings (SSSR count). The van der Waals surface area contributed by atoms with E-state index in [0.717, 1.165) is 43.2 Å². The number of unbranched alkanes of at least 4 members (excludes halogenated alkanes) is 2. The van der Waals surface area contributed by atoms with E-state index in [9.17, 15) is 14.7 Å². The zero-order valence-electron chi connectivity index (χ0n) is 27.6. The highest BCUT2D eigenvalue weighted by atomic mass is 35.5. The summed E-state index contributed by atoms with van der Waals surface area (Å²) >= 11 is 6.53. The van der Waals surface area contributed by atoms with Crippen molar-refractivity contribution in [2.24, 2.45) is 0 Å². The van der Waals surface area contributed by atoms with Crippen LogP contribution in [0, 0.1) is 0 Å². The predicted octanol–water partition coefficient (Wildman–Crippen LogP) is 6.65. The van der Waals surface area contributed by atoms with Gasteiger partial charge in [0.2, 0.25) is 5.88 Å². The number of amides is 2. The molecule has 10 heteroatoms. The minimum Gasteiger partial charge on any atom is -0.481 e. The minimum atomic E-state index is -0.988. The van der Waals surface area contributed by atoms with Crippen molar-refractivity contribution in [1.29, 1.82) is 0 Å². The molecule has 0 fully saturated rings.